The minimum Gasteiger partial charge on any atom is -0.389 e. The Balaban J connectivity index is 3.37. The van der Waals surface area contributed by atoms with E-state index in [1.165, 1.54) is 0 Å². The molecule has 1 unspecified atom stereocenters. The number of aliphatic hydroxyl groups excluding tert-OH is 1. The lowest BCUT2D eigenvalue weighted by Crippen LogP contribution is -2.36. The summed E-state index contributed by atoms with van der Waals surface area (Å²) in [5.41, 5.74) is 2.50. The Morgan fingerprint density at radius 1 is 1.20 bits per heavy atom. The molecule has 0 aliphatic heterocycles. The first-order valence-corrected chi connectivity index (χ1v) is 5.48. The first-order chi connectivity index (χ1) is 6.81. The molecule has 0 amide bonds. The van der Waals surface area contributed by atoms with Crippen molar-refractivity contribution < 1.29 is 14.7 Å². The average Bonchev–Trinajstić information content (AvgIpc) is 2.00. The van der Waals surface area contributed by atoms with E-state index in [0.29, 0.717) is 25.7 Å². The number of aliphatic hydroxyl groups is 1. The number of nitrogens with one attached hydrogen (secondary N) is 1. The van der Waals surface area contributed by atoms with E-state index < -0.39 is 6.10 Å². The van der Waals surface area contributed by atoms with Crippen LogP contribution < -0.4 is 5.48 Å². The van der Waals surface area contributed by atoms with Crippen molar-refractivity contribution in [1.29, 1.82) is 0 Å². The SMILES string of the molecule is CC(C)COCC(O)CNOC(C)(C)C. The Kier molecular flexibility index (Phi) is 7.09. The van der Waals surface area contributed by atoms with Crippen LogP contribution in [0.4, 0.5) is 0 Å². The third kappa shape index (κ3) is 11.8. The molecule has 4 heteroatoms. The smallest absolute Gasteiger partial charge is 0.0920 e. The summed E-state index contributed by atoms with van der Waals surface area (Å²) in [7, 11) is 0. The van der Waals surface area contributed by atoms with Gasteiger partial charge in [0.05, 0.1) is 18.3 Å². The van der Waals surface area contributed by atoms with E-state index in [0.717, 1.165) is 0 Å². The monoisotopic (exact) mass is 219 g/mol. The minimum absolute atomic E-state index is 0.238. The maximum Gasteiger partial charge on any atom is 0.0920 e. The molecule has 0 rings (SSSR count). The van der Waals surface area contributed by atoms with Gasteiger partial charge in [-0.05, 0) is 26.7 Å². The molecule has 4 nitrogen and oxygen atoms in total. The van der Waals surface area contributed by atoms with Gasteiger partial charge in [0, 0.05) is 13.2 Å². The molecule has 0 aliphatic rings. The molecule has 2 N–H and O–H groups in total. The molecule has 0 radical (unpaired) electrons. The second-order valence-electron chi connectivity index (χ2n) is 5.15. The van der Waals surface area contributed by atoms with Gasteiger partial charge in [0.25, 0.3) is 0 Å². The summed E-state index contributed by atoms with van der Waals surface area (Å²) >= 11 is 0. The van der Waals surface area contributed by atoms with Crippen molar-refractivity contribution in [3.63, 3.8) is 0 Å². The Morgan fingerprint density at radius 2 is 1.80 bits per heavy atom. The van der Waals surface area contributed by atoms with Crippen LogP contribution in [0.5, 0.6) is 0 Å². The summed E-state index contributed by atoms with van der Waals surface area (Å²) in [5.74, 6) is 0.496. The van der Waals surface area contributed by atoms with Crippen molar-refractivity contribution in [3.8, 4) is 0 Å². The summed E-state index contributed by atoms with van der Waals surface area (Å²) in [6.07, 6.45) is -0.522. The molecule has 0 saturated heterocycles. The van der Waals surface area contributed by atoms with Gasteiger partial charge in [0.2, 0.25) is 0 Å². The van der Waals surface area contributed by atoms with Gasteiger partial charge in [0.15, 0.2) is 0 Å². The van der Waals surface area contributed by atoms with Gasteiger partial charge < -0.3 is 9.84 Å². The van der Waals surface area contributed by atoms with Crippen molar-refractivity contribution in [3.05, 3.63) is 0 Å². The van der Waals surface area contributed by atoms with Gasteiger partial charge in [-0.15, -0.1) is 0 Å². The molecule has 0 aromatic rings. The van der Waals surface area contributed by atoms with Gasteiger partial charge in [-0.3, -0.25) is 4.84 Å². The molecule has 0 bridgehead atoms. The number of hydrogen-bond donors (Lipinski definition) is 2. The Morgan fingerprint density at radius 3 is 2.27 bits per heavy atom. The van der Waals surface area contributed by atoms with Crippen LogP contribution in [-0.2, 0) is 9.57 Å². The van der Waals surface area contributed by atoms with E-state index >= 15 is 0 Å². The zero-order valence-corrected chi connectivity index (χ0v) is 10.5. The third-order valence-electron chi connectivity index (χ3n) is 1.46. The summed E-state index contributed by atoms with van der Waals surface area (Å²) in [4.78, 5) is 5.26. The van der Waals surface area contributed by atoms with Crippen molar-refractivity contribution in [2.24, 2.45) is 5.92 Å². The van der Waals surface area contributed by atoms with E-state index in [-0.39, 0.29) is 5.60 Å². The average molecular weight is 219 g/mol. The molecule has 92 valence electrons. The van der Waals surface area contributed by atoms with Crippen LogP contribution in [0.25, 0.3) is 0 Å². The first kappa shape index (κ1) is 14.8. The van der Waals surface area contributed by atoms with Crippen LogP contribution >= 0.6 is 0 Å². The van der Waals surface area contributed by atoms with E-state index in [2.05, 4.69) is 19.3 Å². The van der Waals surface area contributed by atoms with E-state index in [1.807, 2.05) is 20.8 Å². The van der Waals surface area contributed by atoms with Crippen LogP contribution in [0.3, 0.4) is 0 Å². The van der Waals surface area contributed by atoms with E-state index in [4.69, 9.17) is 9.57 Å². The van der Waals surface area contributed by atoms with Gasteiger partial charge >= 0.3 is 0 Å². The fourth-order valence-corrected chi connectivity index (χ4v) is 0.853. The minimum atomic E-state index is -0.522. The lowest BCUT2D eigenvalue weighted by molar-refractivity contribution is -0.0899. The standard InChI is InChI=1S/C11H25NO3/c1-9(2)7-14-8-10(13)6-12-15-11(3,4)5/h9-10,12-13H,6-8H2,1-5H3. The number of rotatable bonds is 7. The van der Waals surface area contributed by atoms with Gasteiger partial charge in [0.1, 0.15) is 0 Å². The molecular weight excluding hydrogens is 194 g/mol. The quantitative estimate of drug-likeness (QED) is 0.634. The lowest BCUT2D eigenvalue weighted by Gasteiger charge is -2.21. The normalized spacial score (nSPS) is 14.6. The largest absolute Gasteiger partial charge is 0.389 e. The number of hydrogen-bond acceptors (Lipinski definition) is 4. The summed E-state index contributed by atoms with van der Waals surface area (Å²) in [5, 5.41) is 9.49. The topological polar surface area (TPSA) is 50.7 Å². The van der Waals surface area contributed by atoms with Crippen LogP contribution in [0.1, 0.15) is 34.6 Å². The lowest BCUT2D eigenvalue weighted by atomic mass is 10.2. The predicted octanol–water partition coefficient (Wildman–Crippen LogP) is 1.34. The second kappa shape index (κ2) is 7.17. The van der Waals surface area contributed by atoms with Crippen LogP contribution in [-0.4, -0.2) is 36.6 Å². The highest BCUT2D eigenvalue weighted by molar-refractivity contribution is 4.59. The van der Waals surface area contributed by atoms with Gasteiger partial charge in [-0.1, -0.05) is 13.8 Å². The molecule has 0 aliphatic carbocycles. The van der Waals surface area contributed by atoms with E-state index in [1.54, 1.807) is 0 Å². The molecule has 0 aromatic carbocycles. The van der Waals surface area contributed by atoms with Crippen molar-refractivity contribution in [2.45, 2.75) is 46.3 Å². The Labute approximate surface area is 92.9 Å². The highest BCUT2D eigenvalue weighted by Crippen LogP contribution is 2.03. The predicted molar refractivity (Wildman–Crippen MR) is 60.5 cm³/mol. The molecule has 15 heavy (non-hydrogen) atoms. The highest BCUT2D eigenvalue weighted by Gasteiger charge is 2.11. The first-order valence-electron chi connectivity index (χ1n) is 5.48. The summed E-state index contributed by atoms with van der Waals surface area (Å²) in [6.45, 7) is 11.4. The molecular formula is C11H25NO3. The molecule has 0 aromatic heterocycles. The molecule has 1 atom stereocenters. The zero-order valence-electron chi connectivity index (χ0n) is 10.5. The summed E-state index contributed by atoms with van der Waals surface area (Å²) in [6, 6.07) is 0. The van der Waals surface area contributed by atoms with E-state index in [9.17, 15) is 5.11 Å². The fraction of sp³-hybridized carbons (Fsp3) is 1.00. The van der Waals surface area contributed by atoms with Crippen LogP contribution in [0, 0.1) is 5.92 Å². The second-order valence-corrected chi connectivity index (χ2v) is 5.15. The summed E-state index contributed by atoms with van der Waals surface area (Å²) < 4.78 is 5.29. The van der Waals surface area contributed by atoms with Crippen LogP contribution in [0.15, 0.2) is 0 Å². The van der Waals surface area contributed by atoms with Crippen molar-refractivity contribution in [1.82, 2.24) is 5.48 Å². The molecule has 0 saturated carbocycles. The van der Waals surface area contributed by atoms with Gasteiger partial charge in [-0.25, -0.2) is 0 Å². The maximum atomic E-state index is 9.49. The Bertz CT molecular complexity index is 154. The maximum absolute atomic E-state index is 9.49. The Hall–Kier alpha value is -0.160. The number of ether oxygens (including phenoxy) is 1. The number of hydroxylamine groups is 1. The third-order valence-corrected chi connectivity index (χ3v) is 1.46. The highest BCUT2D eigenvalue weighted by atomic mass is 16.7. The fourth-order valence-electron chi connectivity index (χ4n) is 0.853. The molecule has 0 fully saturated rings. The molecule has 0 heterocycles. The van der Waals surface area contributed by atoms with Crippen molar-refractivity contribution in [2.75, 3.05) is 19.8 Å². The van der Waals surface area contributed by atoms with Crippen molar-refractivity contribution >= 4 is 0 Å². The van der Waals surface area contributed by atoms with Gasteiger partial charge in [-0.2, -0.15) is 5.48 Å². The van der Waals surface area contributed by atoms with Crippen LogP contribution in [0.2, 0.25) is 0 Å². The zero-order chi connectivity index (χ0) is 11.9. The molecule has 0 spiro atoms.